The van der Waals surface area contributed by atoms with Crippen LogP contribution in [0.2, 0.25) is 0 Å². The summed E-state index contributed by atoms with van der Waals surface area (Å²) in [4.78, 5) is 10.9. The van der Waals surface area contributed by atoms with E-state index in [1.165, 1.54) is 0 Å². The summed E-state index contributed by atoms with van der Waals surface area (Å²) in [6, 6.07) is 0. The van der Waals surface area contributed by atoms with Crippen molar-refractivity contribution in [1.29, 1.82) is 0 Å². The van der Waals surface area contributed by atoms with Crippen molar-refractivity contribution in [2.45, 2.75) is 40.0 Å². The number of carbonyl (C=O) groups excluding carboxylic acids is 1. The summed E-state index contributed by atoms with van der Waals surface area (Å²) >= 11 is 0. The van der Waals surface area contributed by atoms with E-state index in [4.69, 9.17) is 5.73 Å². The number of nitrogens with two attached hydrogens (primary N) is 1. The maximum atomic E-state index is 10.9. The Balaban J connectivity index is 3.97. The molecule has 0 aliphatic heterocycles. The molecular formula is C9H19NO. The smallest absolute Gasteiger partial charge is 0.220 e. The van der Waals surface area contributed by atoms with Gasteiger partial charge in [-0.2, -0.15) is 0 Å². The molecule has 0 aromatic carbocycles. The van der Waals surface area contributed by atoms with Gasteiger partial charge in [0.05, 0.1) is 0 Å². The van der Waals surface area contributed by atoms with E-state index in [9.17, 15) is 4.79 Å². The van der Waals surface area contributed by atoms with Crippen molar-refractivity contribution in [3.05, 3.63) is 0 Å². The maximum absolute atomic E-state index is 10.9. The predicted octanol–water partition coefficient (Wildman–Crippen LogP) is 1.93. The topological polar surface area (TPSA) is 43.1 Å². The second-order valence-electron chi connectivity index (χ2n) is 3.18. The molecule has 11 heavy (non-hydrogen) atoms. The highest BCUT2D eigenvalue weighted by Gasteiger charge is 2.19. The molecule has 0 rings (SSSR count). The Morgan fingerprint density at radius 2 is 2.00 bits per heavy atom. The van der Waals surface area contributed by atoms with E-state index in [2.05, 4.69) is 20.8 Å². The van der Waals surface area contributed by atoms with Crippen LogP contribution in [0.3, 0.4) is 0 Å². The SMILES string of the molecule is CCC[C@@H](C(N)=O)[C@H](C)CC. The molecule has 2 N–H and O–H groups in total. The molecule has 66 valence electrons. The molecule has 0 radical (unpaired) electrons. The van der Waals surface area contributed by atoms with Crippen LogP contribution in [-0.4, -0.2) is 5.91 Å². The first-order valence-corrected chi connectivity index (χ1v) is 4.42. The third kappa shape index (κ3) is 3.40. The summed E-state index contributed by atoms with van der Waals surface area (Å²) in [5.74, 6) is 0.388. The Morgan fingerprint density at radius 1 is 1.45 bits per heavy atom. The first-order chi connectivity index (χ1) is 5.13. The van der Waals surface area contributed by atoms with Crippen LogP contribution in [0, 0.1) is 11.8 Å². The van der Waals surface area contributed by atoms with Crippen LogP contribution >= 0.6 is 0 Å². The van der Waals surface area contributed by atoms with Gasteiger partial charge in [-0.25, -0.2) is 0 Å². The summed E-state index contributed by atoms with van der Waals surface area (Å²) in [6.07, 6.45) is 3.01. The predicted molar refractivity (Wildman–Crippen MR) is 47.0 cm³/mol. The van der Waals surface area contributed by atoms with Crippen molar-refractivity contribution in [1.82, 2.24) is 0 Å². The molecule has 0 aliphatic carbocycles. The highest BCUT2D eigenvalue weighted by Crippen LogP contribution is 2.19. The molecule has 0 saturated carbocycles. The molecule has 0 aromatic heterocycles. The van der Waals surface area contributed by atoms with E-state index >= 15 is 0 Å². The minimum Gasteiger partial charge on any atom is -0.369 e. The number of carbonyl (C=O) groups is 1. The molecule has 0 spiro atoms. The second-order valence-corrected chi connectivity index (χ2v) is 3.18. The van der Waals surface area contributed by atoms with Crippen molar-refractivity contribution >= 4 is 5.91 Å². The number of amides is 1. The van der Waals surface area contributed by atoms with Crippen LogP contribution < -0.4 is 5.73 Å². The normalized spacial score (nSPS) is 15.9. The molecule has 2 nitrogen and oxygen atoms in total. The van der Waals surface area contributed by atoms with Gasteiger partial charge >= 0.3 is 0 Å². The second kappa shape index (κ2) is 5.16. The van der Waals surface area contributed by atoms with Gasteiger partial charge in [-0.15, -0.1) is 0 Å². The van der Waals surface area contributed by atoms with Gasteiger partial charge in [0, 0.05) is 5.92 Å². The highest BCUT2D eigenvalue weighted by molar-refractivity contribution is 5.76. The third-order valence-electron chi connectivity index (χ3n) is 2.30. The Bertz CT molecular complexity index is 123. The summed E-state index contributed by atoms with van der Waals surface area (Å²) < 4.78 is 0. The van der Waals surface area contributed by atoms with Gasteiger partial charge in [0.2, 0.25) is 5.91 Å². The molecule has 0 saturated heterocycles. The van der Waals surface area contributed by atoms with Gasteiger partial charge in [-0.05, 0) is 12.3 Å². The summed E-state index contributed by atoms with van der Waals surface area (Å²) in [5, 5.41) is 0. The quantitative estimate of drug-likeness (QED) is 0.651. The zero-order valence-corrected chi connectivity index (χ0v) is 7.76. The largest absolute Gasteiger partial charge is 0.369 e. The number of hydrogen-bond donors (Lipinski definition) is 1. The maximum Gasteiger partial charge on any atom is 0.220 e. The fraction of sp³-hybridized carbons (Fsp3) is 0.889. The molecule has 0 bridgehead atoms. The lowest BCUT2D eigenvalue weighted by atomic mass is 9.88. The molecule has 0 fully saturated rings. The molecule has 0 unspecified atom stereocenters. The average Bonchev–Trinajstić information content (AvgIpc) is 1.98. The van der Waals surface area contributed by atoms with Crippen molar-refractivity contribution in [3.8, 4) is 0 Å². The third-order valence-corrected chi connectivity index (χ3v) is 2.30. The van der Waals surface area contributed by atoms with Crippen LogP contribution in [0.15, 0.2) is 0 Å². The van der Waals surface area contributed by atoms with E-state index in [0.29, 0.717) is 5.92 Å². The Kier molecular flexibility index (Phi) is 4.92. The first-order valence-electron chi connectivity index (χ1n) is 4.42. The minimum absolute atomic E-state index is 0.0880. The lowest BCUT2D eigenvalue weighted by Crippen LogP contribution is -2.28. The van der Waals surface area contributed by atoms with Crippen LogP contribution in [0.5, 0.6) is 0 Å². The van der Waals surface area contributed by atoms with Crippen molar-refractivity contribution in [2.24, 2.45) is 17.6 Å². The zero-order chi connectivity index (χ0) is 8.85. The van der Waals surface area contributed by atoms with Crippen LogP contribution in [0.1, 0.15) is 40.0 Å². The Labute approximate surface area is 69.2 Å². The number of rotatable bonds is 5. The van der Waals surface area contributed by atoms with Crippen molar-refractivity contribution in [2.75, 3.05) is 0 Å². The van der Waals surface area contributed by atoms with Crippen LogP contribution in [0.25, 0.3) is 0 Å². The van der Waals surface area contributed by atoms with Gasteiger partial charge in [0.1, 0.15) is 0 Å². The highest BCUT2D eigenvalue weighted by atomic mass is 16.1. The molecular weight excluding hydrogens is 138 g/mol. The number of primary amides is 1. The Morgan fingerprint density at radius 3 is 2.27 bits per heavy atom. The first kappa shape index (κ1) is 10.5. The molecule has 2 atom stereocenters. The van der Waals surface area contributed by atoms with E-state index in [1.807, 2.05) is 0 Å². The van der Waals surface area contributed by atoms with Gasteiger partial charge in [0.15, 0.2) is 0 Å². The summed E-state index contributed by atoms with van der Waals surface area (Å²) in [6.45, 7) is 6.26. The fourth-order valence-corrected chi connectivity index (χ4v) is 1.30. The van der Waals surface area contributed by atoms with Crippen LogP contribution in [-0.2, 0) is 4.79 Å². The molecule has 0 aliphatic rings. The van der Waals surface area contributed by atoms with E-state index < -0.39 is 0 Å². The van der Waals surface area contributed by atoms with E-state index in [1.54, 1.807) is 0 Å². The fourth-order valence-electron chi connectivity index (χ4n) is 1.30. The van der Waals surface area contributed by atoms with Crippen molar-refractivity contribution in [3.63, 3.8) is 0 Å². The minimum atomic E-state index is -0.138. The van der Waals surface area contributed by atoms with Gasteiger partial charge in [-0.3, -0.25) is 4.79 Å². The molecule has 0 aromatic rings. The van der Waals surface area contributed by atoms with E-state index in [0.717, 1.165) is 19.3 Å². The van der Waals surface area contributed by atoms with Gasteiger partial charge < -0.3 is 5.73 Å². The zero-order valence-electron chi connectivity index (χ0n) is 7.76. The average molecular weight is 157 g/mol. The summed E-state index contributed by atoms with van der Waals surface area (Å²) in [5.41, 5.74) is 5.26. The number of hydrogen-bond acceptors (Lipinski definition) is 1. The monoisotopic (exact) mass is 157 g/mol. The summed E-state index contributed by atoms with van der Waals surface area (Å²) in [7, 11) is 0. The Hall–Kier alpha value is -0.530. The molecule has 1 amide bonds. The van der Waals surface area contributed by atoms with Crippen LogP contribution in [0.4, 0.5) is 0 Å². The van der Waals surface area contributed by atoms with Gasteiger partial charge in [-0.1, -0.05) is 33.6 Å². The van der Waals surface area contributed by atoms with E-state index in [-0.39, 0.29) is 11.8 Å². The lowest BCUT2D eigenvalue weighted by molar-refractivity contribution is -0.123. The molecule has 0 heterocycles. The standard InChI is InChI=1S/C9H19NO/c1-4-6-8(9(10)11)7(3)5-2/h7-8H,4-6H2,1-3H3,(H2,10,11)/t7-,8-/m1/s1. The van der Waals surface area contributed by atoms with Gasteiger partial charge in [0.25, 0.3) is 0 Å². The lowest BCUT2D eigenvalue weighted by Gasteiger charge is -2.18. The van der Waals surface area contributed by atoms with Crippen molar-refractivity contribution < 1.29 is 4.79 Å². The molecule has 2 heteroatoms.